The van der Waals surface area contributed by atoms with Gasteiger partial charge in [-0.15, -0.1) is 0 Å². The molecule has 8 saturated carbocycles. The minimum atomic E-state index is 0.0584. The molecule has 0 aromatic heterocycles. The Bertz CT molecular complexity index is 1770. The first kappa shape index (κ1) is 31.2. The zero-order chi connectivity index (χ0) is 34.5. The molecule has 0 amide bonds. The van der Waals surface area contributed by atoms with E-state index in [-0.39, 0.29) is 22.3 Å². The summed E-state index contributed by atoms with van der Waals surface area (Å²) in [6.07, 6.45) is 15.2. The molecule has 8 bridgehead atoms. The molecule has 4 aromatic carbocycles. The number of aromatic hydroxyl groups is 2. The van der Waals surface area contributed by atoms with Crippen LogP contribution in [0, 0.1) is 35.5 Å². The van der Waals surface area contributed by atoms with Crippen LogP contribution in [0.25, 0.3) is 0 Å². The van der Waals surface area contributed by atoms with E-state index in [9.17, 15) is 10.2 Å². The molecule has 8 fully saturated rings. The maximum atomic E-state index is 10.6. The summed E-state index contributed by atoms with van der Waals surface area (Å²) in [5, 5.41) is 21.2. The third-order valence-electron chi connectivity index (χ3n) is 13.8. The highest BCUT2D eigenvalue weighted by atomic mass is 16.5. The van der Waals surface area contributed by atoms with Crippen molar-refractivity contribution in [1.82, 2.24) is 0 Å². The average Bonchev–Trinajstić information content (AvgIpc) is 3.08. The summed E-state index contributed by atoms with van der Waals surface area (Å²) < 4.78 is 19.2. The molecule has 51 heavy (non-hydrogen) atoms. The molecule has 6 N–H and O–H groups in total. The van der Waals surface area contributed by atoms with Crippen molar-refractivity contribution in [3.8, 4) is 46.0 Å². The van der Waals surface area contributed by atoms with Gasteiger partial charge in [0, 0.05) is 23.3 Å². The third-order valence-corrected chi connectivity index (χ3v) is 13.8. The van der Waals surface area contributed by atoms with Crippen molar-refractivity contribution in [3.63, 3.8) is 0 Å². The van der Waals surface area contributed by atoms with Crippen LogP contribution in [0.3, 0.4) is 0 Å². The van der Waals surface area contributed by atoms with Gasteiger partial charge in [0.15, 0.2) is 0 Å². The van der Waals surface area contributed by atoms with Crippen molar-refractivity contribution in [2.45, 2.75) is 87.9 Å². The fraction of sp³-hybridized carbons (Fsp3) is 0.455. The summed E-state index contributed by atoms with van der Waals surface area (Å²) >= 11 is 0. The number of rotatable bonds is 8. The van der Waals surface area contributed by atoms with Crippen LogP contribution < -0.4 is 25.7 Å². The topological polar surface area (TPSA) is 120 Å². The zero-order valence-corrected chi connectivity index (χ0v) is 29.2. The Labute approximate surface area is 299 Å². The molecule has 8 aliphatic carbocycles. The Morgan fingerprint density at radius 3 is 1.00 bits per heavy atom. The average molecular weight is 685 g/mol. The van der Waals surface area contributed by atoms with E-state index in [2.05, 4.69) is 0 Å². The van der Waals surface area contributed by atoms with Crippen LogP contribution in [0.1, 0.15) is 88.2 Å². The van der Waals surface area contributed by atoms with Gasteiger partial charge >= 0.3 is 0 Å². The second-order valence-electron chi connectivity index (χ2n) is 17.5. The third kappa shape index (κ3) is 5.46. The van der Waals surface area contributed by atoms with E-state index < -0.39 is 0 Å². The number of phenolic OH excluding ortho intramolecular Hbond substituents is 2. The normalized spacial score (nSPS) is 32.6. The number of nitrogens with two attached hydrogens (primary N) is 2. The quantitative estimate of drug-likeness (QED) is 0.108. The largest absolute Gasteiger partial charge is 0.506 e. The summed E-state index contributed by atoms with van der Waals surface area (Å²) in [6, 6.07) is 22.6. The van der Waals surface area contributed by atoms with Crippen molar-refractivity contribution in [2.24, 2.45) is 35.5 Å². The summed E-state index contributed by atoms with van der Waals surface area (Å²) in [4.78, 5) is 0. The van der Waals surface area contributed by atoms with E-state index >= 15 is 0 Å². The predicted molar refractivity (Wildman–Crippen MR) is 198 cm³/mol. The molecular weight excluding hydrogens is 636 g/mol. The molecule has 4 aromatic rings. The van der Waals surface area contributed by atoms with E-state index in [1.54, 1.807) is 12.1 Å². The zero-order valence-electron chi connectivity index (χ0n) is 29.2. The van der Waals surface area contributed by atoms with E-state index in [1.807, 2.05) is 60.7 Å². The number of anilines is 2. The molecule has 0 spiro atoms. The van der Waals surface area contributed by atoms with Crippen LogP contribution in [0.5, 0.6) is 46.0 Å². The van der Waals surface area contributed by atoms with Gasteiger partial charge in [0.05, 0.1) is 11.4 Å². The highest BCUT2D eigenvalue weighted by Gasteiger charge is 2.54. The van der Waals surface area contributed by atoms with Crippen molar-refractivity contribution in [1.29, 1.82) is 0 Å². The van der Waals surface area contributed by atoms with Crippen LogP contribution in [0.4, 0.5) is 11.4 Å². The molecule has 0 atom stereocenters. The fourth-order valence-electron chi connectivity index (χ4n) is 12.6. The summed E-state index contributed by atoms with van der Waals surface area (Å²) in [7, 11) is 0. The number of phenols is 2. The second-order valence-corrected chi connectivity index (χ2v) is 17.5. The first-order valence-corrected chi connectivity index (χ1v) is 19.2. The minimum Gasteiger partial charge on any atom is -0.506 e. The van der Waals surface area contributed by atoms with Crippen LogP contribution in [0.2, 0.25) is 0 Å². The maximum Gasteiger partial charge on any atom is 0.142 e. The highest BCUT2D eigenvalue weighted by Crippen LogP contribution is 2.64. The number of hydrogen-bond donors (Lipinski definition) is 4. The number of benzene rings is 4. The Kier molecular flexibility index (Phi) is 7.04. The van der Waals surface area contributed by atoms with Crippen LogP contribution in [-0.2, 0) is 10.8 Å². The van der Waals surface area contributed by atoms with Gasteiger partial charge in [-0.3, -0.25) is 0 Å². The molecule has 0 aliphatic heterocycles. The van der Waals surface area contributed by atoms with Gasteiger partial charge in [-0.25, -0.2) is 0 Å². The van der Waals surface area contributed by atoms with Gasteiger partial charge in [-0.05, 0) is 184 Å². The molecular formula is C44H48N2O5. The van der Waals surface area contributed by atoms with E-state index in [4.69, 9.17) is 25.7 Å². The number of ether oxygens (including phenoxy) is 3. The van der Waals surface area contributed by atoms with Gasteiger partial charge in [-0.2, -0.15) is 0 Å². The van der Waals surface area contributed by atoms with E-state index in [0.29, 0.717) is 45.9 Å². The Morgan fingerprint density at radius 1 is 0.431 bits per heavy atom. The monoisotopic (exact) mass is 684 g/mol. The SMILES string of the molecule is Nc1cc(C23CC4CC(CC(C4)C2)C3)c(Oc2ccc(Oc3ccc(Oc4cc(O)c(N)cc4C45CC6CC(CC(C6)C4)C5)cc3)cc2)cc1O. The maximum absolute atomic E-state index is 10.6. The van der Waals surface area contributed by atoms with Gasteiger partial charge < -0.3 is 35.9 Å². The second kappa shape index (κ2) is 11.5. The lowest BCUT2D eigenvalue weighted by Crippen LogP contribution is -2.48. The lowest BCUT2D eigenvalue weighted by atomic mass is 9.48. The minimum absolute atomic E-state index is 0.0584. The first-order chi connectivity index (χ1) is 24.7. The van der Waals surface area contributed by atoms with Gasteiger partial charge in [-0.1, -0.05) is 0 Å². The molecule has 8 aliphatic rings. The van der Waals surface area contributed by atoms with Gasteiger partial charge in [0.25, 0.3) is 0 Å². The Balaban J connectivity index is 0.845. The lowest BCUT2D eigenvalue weighted by Gasteiger charge is -2.57. The molecule has 7 nitrogen and oxygen atoms in total. The molecule has 0 saturated heterocycles. The van der Waals surface area contributed by atoms with Crippen molar-refractivity contribution in [3.05, 3.63) is 83.9 Å². The molecule has 7 heteroatoms. The van der Waals surface area contributed by atoms with E-state index in [0.717, 1.165) is 46.6 Å². The molecule has 12 rings (SSSR count). The van der Waals surface area contributed by atoms with Crippen molar-refractivity contribution in [2.75, 3.05) is 11.5 Å². The molecule has 264 valence electrons. The van der Waals surface area contributed by atoms with Crippen LogP contribution >= 0.6 is 0 Å². The first-order valence-electron chi connectivity index (χ1n) is 19.2. The van der Waals surface area contributed by atoms with Crippen molar-refractivity contribution >= 4 is 11.4 Å². The van der Waals surface area contributed by atoms with E-state index in [1.165, 1.54) is 77.0 Å². The Hall–Kier alpha value is -4.52. The lowest BCUT2D eigenvalue weighted by molar-refractivity contribution is -0.00611. The van der Waals surface area contributed by atoms with Crippen LogP contribution in [0.15, 0.2) is 72.8 Å². The molecule has 0 heterocycles. The summed E-state index contributed by atoms with van der Waals surface area (Å²) in [6.45, 7) is 0. The highest BCUT2D eigenvalue weighted by molar-refractivity contribution is 5.62. The van der Waals surface area contributed by atoms with Crippen LogP contribution in [-0.4, -0.2) is 10.2 Å². The molecule has 0 radical (unpaired) electrons. The molecule has 0 unspecified atom stereocenters. The summed E-state index contributed by atoms with van der Waals surface area (Å²) in [5.74, 6) is 8.96. The smallest absolute Gasteiger partial charge is 0.142 e. The number of nitrogen functional groups attached to an aromatic ring is 2. The van der Waals surface area contributed by atoms with Gasteiger partial charge in [0.2, 0.25) is 0 Å². The standard InChI is InChI=1S/C44H48N2O5/c45-37-15-35(43-19-25-9-26(20-43)11-27(10-25)21-43)41(17-39(37)47)50-33-5-1-31(2-6-33)49-32-3-7-34(8-4-32)51-42-18-40(48)38(46)16-36(42)44-22-28-12-29(23-44)14-30(13-28)24-44/h1-8,15-18,25-30,47-48H,9-14,19-24,45-46H2. The van der Waals surface area contributed by atoms with Gasteiger partial charge in [0.1, 0.15) is 46.0 Å². The predicted octanol–water partition coefficient (Wildman–Crippen LogP) is 10.6. The van der Waals surface area contributed by atoms with Crippen molar-refractivity contribution < 1.29 is 24.4 Å². The number of hydrogen-bond acceptors (Lipinski definition) is 7. The fourth-order valence-corrected chi connectivity index (χ4v) is 12.6. The Morgan fingerprint density at radius 2 is 0.706 bits per heavy atom. The summed E-state index contributed by atoms with van der Waals surface area (Å²) in [5.41, 5.74) is 15.8.